The molecule has 1 N–H and O–H groups in total. The van der Waals surface area contributed by atoms with Crippen LogP contribution in [0.5, 0.6) is 0 Å². The Balaban J connectivity index is 2.46. The summed E-state index contributed by atoms with van der Waals surface area (Å²) in [6, 6.07) is 8.20. The van der Waals surface area contributed by atoms with Gasteiger partial charge in [-0.3, -0.25) is 0 Å². The fourth-order valence-electron chi connectivity index (χ4n) is 1.00. The summed E-state index contributed by atoms with van der Waals surface area (Å²) in [4.78, 5) is 0. The van der Waals surface area contributed by atoms with Gasteiger partial charge >= 0.3 is 0 Å². The molecule has 2 heteroatoms. The number of rotatable bonds is 4. The monoisotopic (exact) mass is 227 g/mol. The van der Waals surface area contributed by atoms with Crippen molar-refractivity contribution in [3.8, 4) is 0 Å². The minimum Gasteiger partial charge on any atom is -0.384 e. The van der Waals surface area contributed by atoms with Crippen LogP contribution in [0.15, 0.2) is 28.7 Å². The molecule has 0 aliphatic heterocycles. The fourth-order valence-corrected chi connectivity index (χ4v) is 1.43. The van der Waals surface area contributed by atoms with E-state index in [1.807, 2.05) is 18.2 Å². The number of hydrogen-bond acceptors (Lipinski definition) is 1. The molecule has 1 rings (SSSR count). The van der Waals surface area contributed by atoms with E-state index < -0.39 is 0 Å². The Morgan fingerprint density at radius 1 is 1.33 bits per heavy atom. The lowest BCUT2D eigenvalue weighted by Gasteiger charge is -2.06. The molecule has 0 atom stereocenters. The molecule has 0 bridgehead atoms. The van der Waals surface area contributed by atoms with Gasteiger partial charge in [-0.05, 0) is 34.5 Å². The van der Waals surface area contributed by atoms with Gasteiger partial charge in [0.2, 0.25) is 0 Å². The Labute approximate surface area is 82.3 Å². The van der Waals surface area contributed by atoms with E-state index >= 15 is 0 Å². The zero-order chi connectivity index (χ0) is 8.81. The maximum atomic E-state index is 3.49. The highest BCUT2D eigenvalue weighted by Crippen LogP contribution is 2.20. The number of halogens is 1. The molecule has 0 aliphatic carbocycles. The molecule has 0 saturated heterocycles. The van der Waals surface area contributed by atoms with Crippen molar-refractivity contribution in [2.45, 2.75) is 19.8 Å². The summed E-state index contributed by atoms with van der Waals surface area (Å²) >= 11 is 3.49. The Kier molecular flexibility index (Phi) is 4.15. The summed E-state index contributed by atoms with van der Waals surface area (Å²) in [5, 5.41) is 3.37. The number of nitrogens with one attached hydrogen (secondary N) is 1. The minimum absolute atomic E-state index is 1.05. The third-order valence-corrected chi connectivity index (χ3v) is 2.41. The van der Waals surface area contributed by atoms with E-state index in [4.69, 9.17) is 0 Å². The SMILES string of the molecule is CCCCNc1ccccc1Br. The zero-order valence-electron chi connectivity index (χ0n) is 7.31. The van der Waals surface area contributed by atoms with Crippen LogP contribution in [0, 0.1) is 0 Å². The normalized spacial score (nSPS) is 9.83. The standard InChI is InChI=1S/C10H14BrN/c1-2-3-8-12-10-7-5-4-6-9(10)11/h4-7,12H,2-3,8H2,1H3. The van der Waals surface area contributed by atoms with Crippen molar-refractivity contribution in [1.29, 1.82) is 0 Å². The van der Waals surface area contributed by atoms with Crippen LogP contribution in [0.3, 0.4) is 0 Å². The van der Waals surface area contributed by atoms with Crippen molar-refractivity contribution >= 4 is 21.6 Å². The van der Waals surface area contributed by atoms with Gasteiger partial charge < -0.3 is 5.32 Å². The highest BCUT2D eigenvalue weighted by Gasteiger charge is 1.94. The Bertz CT molecular complexity index is 235. The van der Waals surface area contributed by atoms with Gasteiger partial charge in [0, 0.05) is 16.7 Å². The molecule has 12 heavy (non-hydrogen) atoms. The van der Waals surface area contributed by atoms with E-state index in [0.717, 1.165) is 11.0 Å². The smallest absolute Gasteiger partial charge is 0.0484 e. The highest BCUT2D eigenvalue weighted by atomic mass is 79.9. The molecule has 1 nitrogen and oxygen atoms in total. The van der Waals surface area contributed by atoms with Crippen molar-refractivity contribution in [1.82, 2.24) is 0 Å². The second kappa shape index (κ2) is 5.20. The molecule has 0 heterocycles. The second-order valence-corrected chi connectivity index (χ2v) is 3.61. The topological polar surface area (TPSA) is 12.0 Å². The maximum Gasteiger partial charge on any atom is 0.0484 e. The summed E-state index contributed by atoms with van der Waals surface area (Å²) in [6.07, 6.45) is 2.46. The van der Waals surface area contributed by atoms with E-state index in [1.165, 1.54) is 18.5 Å². The lowest BCUT2D eigenvalue weighted by Crippen LogP contribution is -2.00. The average Bonchev–Trinajstić information content (AvgIpc) is 2.09. The molecule has 0 radical (unpaired) electrons. The van der Waals surface area contributed by atoms with Crippen LogP contribution in [-0.2, 0) is 0 Å². The van der Waals surface area contributed by atoms with Crippen LogP contribution < -0.4 is 5.32 Å². The third-order valence-electron chi connectivity index (χ3n) is 1.72. The van der Waals surface area contributed by atoms with Crippen LogP contribution in [0.25, 0.3) is 0 Å². The van der Waals surface area contributed by atoms with Gasteiger partial charge in [-0.2, -0.15) is 0 Å². The molecular weight excluding hydrogens is 214 g/mol. The maximum absolute atomic E-state index is 3.49. The lowest BCUT2D eigenvalue weighted by molar-refractivity contribution is 0.834. The number of benzene rings is 1. The van der Waals surface area contributed by atoms with Crippen LogP contribution in [-0.4, -0.2) is 6.54 Å². The van der Waals surface area contributed by atoms with Crippen LogP contribution in [0.1, 0.15) is 19.8 Å². The summed E-state index contributed by atoms with van der Waals surface area (Å²) in [5.41, 5.74) is 1.19. The van der Waals surface area contributed by atoms with E-state index in [-0.39, 0.29) is 0 Å². The molecule has 0 unspecified atom stereocenters. The summed E-state index contributed by atoms with van der Waals surface area (Å²) in [5.74, 6) is 0. The molecule has 0 saturated carbocycles. The molecule has 0 aromatic heterocycles. The lowest BCUT2D eigenvalue weighted by atomic mass is 10.3. The molecule has 0 spiro atoms. The summed E-state index contributed by atoms with van der Waals surface area (Å²) in [7, 11) is 0. The third kappa shape index (κ3) is 2.86. The summed E-state index contributed by atoms with van der Waals surface area (Å²) in [6.45, 7) is 3.25. The first-order chi connectivity index (χ1) is 5.84. The molecule has 0 amide bonds. The van der Waals surface area contributed by atoms with Gasteiger partial charge in [0.05, 0.1) is 0 Å². The van der Waals surface area contributed by atoms with Crippen LogP contribution in [0.4, 0.5) is 5.69 Å². The second-order valence-electron chi connectivity index (χ2n) is 2.76. The van der Waals surface area contributed by atoms with Crippen molar-refractivity contribution < 1.29 is 0 Å². The first-order valence-corrected chi connectivity index (χ1v) is 5.12. The zero-order valence-corrected chi connectivity index (χ0v) is 8.89. The van der Waals surface area contributed by atoms with Gasteiger partial charge in [0.15, 0.2) is 0 Å². The van der Waals surface area contributed by atoms with Gasteiger partial charge in [-0.1, -0.05) is 25.5 Å². The average molecular weight is 228 g/mol. The molecule has 0 fully saturated rings. The summed E-state index contributed by atoms with van der Waals surface area (Å²) < 4.78 is 1.14. The van der Waals surface area contributed by atoms with Gasteiger partial charge in [-0.15, -0.1) is 0 Å². The molecule has 1 aromatic carbocycles. The highest BCUT2D eigenvalue weighted by molar-refractivity contribution is 9.10. The molecule has 66 valence electrons. The predicted octanol–water partition coefficient (Wildman–Crippen LogP) is 3.66. The molecule has 1 aromatic rings. The van der Waals surface area contributed by atoms with Gasteiger partial charge in [0.25, 0.3) is 0 Å². The number of para-hydroxylation sites is 1. The molecule has 0 aliphatic rings. The number of hydrogen-bond donors (Lipinski definition) is 1. The van der Waals surface area contributed by atoms with Crippen molar-refractivity contribution in [3.63, 3.8) is 0 Å². The number of unbranched alkanes of at least 4 members (excludes halogenated alkanes) is 1. The predicted molar refractivity (Wildman–Crippen MR) is 57.5 cm³/mol. The molecular formula is C10H14BrN. The van der Waals surface area contributed by atoms with E-state index in [2.05, 4.69) is 34.2 Å². The first kappa shape index (κ1) is 9.59. The van der Waals surface area contributed by atoms with Crippen LogP contribution >= 0.6 is 15.9 Å². The largest absolute Gasteiger partial charge is 0.384 e. The van der Waals surface area contributed by atoms with Crippen molar-refractivity contribution in [3.05, 3.63) is 28.7 Å². The minimum atomic E-state index is 1.05. The van der Waals surface area contributed by atoms with Gasteiger partial charge in [0.1, 0.15) is 0 Å². The quantitative estimate of drug-likeness (QED) is 0.775. The van der Waals surface area contributed by atoms with Gasteiger partial charge in [-0.25, -0.2) is 0 Å². The van der Waals surface area contributed by atoms with E-state index in [9.17, 15) is 0 Å². The Hall–Kier alpha value is -0.500. The first-order valence-electron chi connectivity index (χ1n) is 4.33. The van der Waals surface area contributed by atoms with E-state index in [0.29, 0.717) is 0 Å². The number of anilines is 1. The Morgan fingerprint density at radius 2 is 2.08 bits per heavy atom. The Morgan fingerprint density at radius 3 is 2.75 bits per heavy atom. The fraction of sp³-hybridized carbons (Fsp3) is 0.400. The van der Waals surface area contributed by atoms with E-state index in [1.54, 1.807) is 0 Å². The van der Waals surface area contributed by atoms with Crippen LogP contribution in [0.2, 0.25) is 0 Å². The van der Waals surface area contributed by atoms with Crippen molar-refractivity contribution in [2.75, 3.05) is 11.9 Å². The van der Waals surface area contributed by atoms with Crippen molar-refractivity contribution in [2.24, 2.45) is 0 Å².